The van der Waals surface area contributed by atoms with E-state index in [1.807, 2.05) is 0 Å². The number of carbonyl (C=O) groups excluding carboxylic acids is 2. The number of allylic oxidation sites excluding steroid dienone is 4. The molecule has 0 aliphatic heterocycles. The molecule has 0 radical (unpaired) electrons. The number of hydrogen-bond donors (Lipinski definition) is 0. The second-order valence-electron chi connectivity index (χ2n) is 24.5. The van der Waals surface area contributed by atoms with Gasteiger partial charge in [0.1, 0.15) is 12.4 Å². The lowest BCUT2D eigenvalue weighted by atomic mass is 9.46. The van der Waals surface area contributed by atoms with Crippen molar-refractivity contribution in [3.05, 3.63) is 23.8 Å². The van der Waals surface area contributed by atoms with Crippen LogP contribution in [0.1, 0.15) is 273 Å². The molecule has 4 unspecified atom stereocenters. The fourth-order valence-electron chi connectivity index (χ4n) is 14.3. The third-order valence-corrected chi connectivity index (χ3v) is 18.6. The molecule has 0 aromatic carbocycles. The van der Waals surface area contributed by atoms with Crippen molar-refractivity contribution in [2.45, 2.75) is 279 Å². The van der Waals surface area contributed by atoms with Crippen LogP contribution in [0.15, 0.2) is 23.8 Å². The van der Waals surface area contributed by atoms with Gasteiger partial charge in [-0.05, 0) is 142 Å². The Kier molecular flexibility index (Phi) is 31.1. The molecule has 0 N–H and O–H groups in total. The van der Waals surface area contributed by atoms with Crippen molar-refractivity contribution in [3.8, 4) is 0 Å². The maximum absolute atomic E-state index is 13.2. The summed E-state index contributed by atoms with van der Waals surface area (Å²) in [6, 6.07) is 0. The molecular formula is C64H114O6. The maximum Gasteiger partial charge on any atom is 0.306 e. The number of ketones is 1. The van der Waals surface area contributed by atoms with Crippen LogP contribution in [-0.4, -0.2) is 57.5 Å². The van der Waals surface area contributed by atoms with Crippen molar-refractivity contribution in [2.24, 2.45) is 52.3 Å². The highest BCUT2D eigenvalue weighted by Crippen LogP contribution is 2.67. The lowest BCUT2D eigenvalue weighted by molar-refractivity contribution is -0.146. The number of carbonyl (C=O) groups is 2. The Balaban J connectivity index is 1.02. The molecule has 6 heteroatoms. The van der Waals surface area contributed by atoms with E-state index in [1.165, 1.54) is 180 Å². The topological polar surface area (TPSA) is 71.1 Å². The number of unbranched alkanes of at least 4 members (excludes halogenated alkanes) is 17. The first-order valence-corrected chi connectivity index (χ1v) is 30.8. The first-order valence-electron chi connectivity index (χ1n) is 30.8. The molecule has 3 fully saturated rings. The summed E-state index contributed by atoms with van der Waals surface area (Å²) in [6.45, 7) is 20.1. The minimum atomic E-state index is -0.299. The smallest absolute Gasteiger partial charge is 0.306 e. The van der Waals surface area contributed by atoms with Crippen LogP contribution in [0.4, 0.5) is 0 Å². The Hall–Kier alpha value is -1.50. The zero-order chi connectivity index (χ0) is 50.3. The maximum atomic E-state index is 13.2. The monoisotopic (exact) mass is 979 g/mol. The average Bonchev–Trinajstić information content (AvgIpc) is 3.70. The van der Waals surface area contributed by atoms with Gasteiger partial charge in [0.2, 0.25) is 0 Å². The summed E-state index contributed by atoms with van der Waals surface area (Å²) in [7, 11) is 0. The summed E-state index contributed by atoms with van der Waals surface area (Å²) >= 11 is 0. The third-order valence-electron chi connectivity index (χ3n) is 18.6. The fraction of sp³-hybridized carbons (Fsp3) is 0.906. The van der Waals surface area contributed by atoms with Gasteiger partial charge in [-0.15, -0.1) is 0 Å². The number of rotatable bonds is 42. The molecule has 0 saturated heterocycles. The standard InChI is InChI=1S/C64H114O6/c1-8-10-12-14-16-17-18-19-20-21-22-23-24-25-27-29-44-68-51-57(33-28-26-15-13-11-9-2)69-47-45-67-46-48-70-62(66)39-35-56(65)50-54-40-42-63(6)55(49-54)34-36-58-60-38-37-59(53(5)32-30-31-52(3)4)64(60,7)43-41-61(58)63/h16-17,34,52-54,57-61H,8-15,18-33,35-51H2,1-7H3/b17-16-/t53-,54+,57?,58?,59-,60?,61?,63+,64-/m1/s1. The van der Waals surface area contributed by atoms with E-state index in [-0.39, 0.29) is 37.3 Å². The molecule has 0 aromatic heterocycles. The predicted octanol–water partition coefficient (Wildman–Crippen LogP) is 18.1. The molecule has 4 aliphatic carbocycles. The zero-order valence-electron chi connectivity index (χ0n) is 47.3. The number of fused-ring (bicyclic) bond motifs is 5. The Labute approximate surface area is 433 Å². The van der Waals surface area contributed by atoms with Gasteiger partial charge in [0, 0.05) is 19.4 Å². The lowest BCUT2D eigenvalue weighted by Gasteiger charge is -2.58. The van der Waals surface area contributed by atoms with E-state index in [1.54, 1.807) is 5.57 Å². The molecule has 0 amide bonds. The number of hydrogen-bond acceptors (Lipinski definition) is 6. The average molecular weight is 980 g/mol. The second-order valence-corrected chi connectivity index (χ2v) is 24.5. The van der Waals surface area contributed by atoms with Gasteiger partial charge in [-0.25, -0.2) is 0 Å². The highest BCUT2D eigenvalue weighted by Gasteiger charge is 2.59. The van der Waals surface area contributed by atoms with Gasteiger partial charge in [0.15, 0.2) is 0 Å². The summed E-state index contributed by atoms with van der Waals surface area (Å²) in [5.41, 5.74) is 2.48. The van der Waals surface area contributed by atoms with Gasteiger partial charge in [0.25, 0.3) is 0 Å². The highest BCUT2D eigenvalue weighted by molar-refractivity contribution is 5.83. The number of esters is 1. The first kappa shape index (κ1) is 61.1. The second kappa shape index (κ2) is 35.7. The highest BCUT2D eigenvalue weighted by atomic mass is 16.6. The molecule has 6 nitrogen and oxygen atoms in total. The molecule has 4 rings (SSSR count). The van der Waals surface area contributed by atoms with E-state index in [4.69, 9.17) is 18.9 Å². The normalized spacial score (nSPS) is 26.2. The van der Waals surface area contributed by atoms with Gasteiger partial charge in [0.05, 0.1) is 39.0 Å². The van der Waals surface area contributed by atoms with E-state index < -0.39 is 0 Å². The quantitative estimate of drug-likeness (QED) is 0.0345. The van der Waals surface area contributed by atoms with Crippen LogP contribution in [0.3, 0.4) is 0 Å². The van der Waals surface area contributed by atoms with Crippen LogP contribution >= 0.6 is 0 Å². The lowest BCUT2D eigenvalue weighted by Crippen LogP contribution is -2.50. The molecule has 0 bridgehead atoms. The Morgan fingerprint density at radius 2 is 1.30 bits per heavy atom. The van der Waals surface area contributed by atoms with Crippen LogP contribution in [-0.2, 0) is 28.5 Å². The van der Waals surface area contributed by atoms with Crippen molar-refractivity contribution in [3.63, 3.8) is 0 Å². The minimum absolute atomic E-state index is 0.0956. The van der Waals surface area contributed by atoms with Crippen molar-refractivity contribution in [1.29, 1.82) is 0 Å². The molecule has 4 aliphatic rings. The summed E-state index contributed by atoms with van der Waals surface area (Å²) in [5, 5.41) is 0. The van der Waals surface area contributed by atoms with Crippen LogP contribution in [0, 0.1) is 52.3 Å². The van der Waals surface area contributed by atoms with Gasteiger partial charge >= 0.3 is 5.97 Å². The predicted molar refractivity (Wildman–Crippen MR) is 295 cm³/mol. The number of Topliss-reactive ketones (excluding diaryl/α,β-unsaturated/α-hetero) is 1. The summed E-state index contributed by atoms with van der Waals surface area (Å²) in [5.74, 6) is 5.40. The van der Waals surface area contributed by atoms with E-state index in [0.29, 0.717) is 49.6 Å². The molecule has 0 heterocycles. The van der Waals surface area contributed by atoms with Crippen molar-refractivity contribution in [1.82, 2.24) is 0 Å². The third kappa shape index (κ3) is 22.1. The Morgan fingerprint density at radius 3 is 2.03 bits per heavy atom. The van der Waals surface area contributed by atoms with Crippen LogP contribution in [0.5, 0.6) is 0 Å². The van der Waals surface area contributed by atoms with E-state index in [2.05, 4.69) is 66.7 Å². The van der Waals surface area contributed by atoms with Crippen LogP contribution < -0.4 is 0 Å². The first-order chi connectivity index (χ1) is 34.0. The van der Waals surface area contributed by atoms with E-state index in [9.17, 15) is 9.59 Å². The Bertz CT molecular complexity index is 1440. The van der Waals surface area contributed by atoms with E-state index >= 15 is 0 Å². The van der Waals surface area contributed by atoms with Gasteiger partial charge < -0.3 is 18.9 Å². The summed E-state index contributed by atoms with van der Waals surface area (Å²) in [4.78, 5) is 25.8. The Morgan fingerprint density at radius 1 is 0.643 bits per heavy atom. The summed E-state index contributed by atoms with van der Waals surface area (Å²) < 4.78 is 23.7. The molecule has 70 heavy (non-hydrogen) atoms. The van der Waals surface area contributed by atoms with Crippen LogP contribution in [0.25, 0.3) is 0 Å². The largest absolute Gasteiger partial charge is 0.463 e. The number of ether oxygens (including phenoxy) is 4. The molecular weight excluding hydrogens is 865 g/mol. The SMILES string of the molecule is CCCCC/C=C\CCCCCCCCCCCOCC(CCCCCCCC)OCCOCCOC(=O)CCC(=O)C[C@H]1CC[C@@]2(C)C(=CCC3C2CC[C@@]2(C)C3CC[C@@H]2[C@H](C)CCCC(C)C)C1. The summed E-state index contributed by atoms with van der Waals surface area (Å²) in [6.07, 6.45) is 50.2. The minimum Gasteiger partial charge on any atom is -0.463 e. The van der Waals surface area contributed by atoms with Crippen molar-refractivity contribution in [2.75, 3.05) is 39.6 Å². The van der Waals surface area contributed by atoms with Gasteiger partial charge in [-0.2, -0.15) is 0 Å². The van der Waals surface area contributed by atoms with Crippen LogP contribution in [0.2, 0.25) is 0 Å². The van der Waals surface area contributed by atoms with Crippen molar-refractivity contribution < 1.29 is 28.5 Å². The molecule has 406 valence electrons. The van der Waals surface area contributed by atoms with Gasteiger partial charge in [-0.3, -0.25) is 9.59 Å². The van der Waals surface area contributed by atoms with Gasteiger partial charge in [-0.1, -0.05) is 188 Å². The zero-order valence-corrected chi connectivity index (χ0v) is 47.3. The molecule has 9 atom stereocenters. The van der Waals surface area contributed by atoms with E-state index in [0.717, 1.165) is 67.8 Å². The fourth-order valence-corrected chi connectivity index (χ4v) is 14.3. The van der Waals surface area contributed by atoms with Crippen molar-refractivity contribution >= 4 is 11.8 Å². The molecule has 0 spiro atoms. The molecule has 0 aromatic rings. The molecule has 3 saturated carbocycles.